The van der Waals surface area contributed by atoms with Crippen LogP contribution in [0.2, 0.25) is 0 Å². The number of sulfonamides is 1. The molecule has 0 radical (unpaired) electrons. The molecule has 0 spiro atoms. The van der Waals surface area contributed by atoms with Crippen molar-refractivity contribution < 1.29 is 13.2 Å². The molecule has 0 amide bonds. The van der Waals surface area contributed by atoms with Gasteiger partial charge in [0.2, 0.25) is 10.0 Å². The van der Waals surface area contributed by atoms with Crippen LogP contribution >= 0.6 is 0 Å². The van der Waals surface area contributed by atoms with Crippen molar-refractivity contribution in [2.24, 2.45) is 5.14 Å². The Morgan fingerprint density at radius 1 is 1.32 bits per heavy atom. The van der Waals surface area contributed by atoms with Gasteiger partial charge in [-0.25, -0.2) is 13.6 Å². The molecule has 1 rings (SSSR count). The van der Waals surface area contributed by atoms with Gasteiger partial charge in [-0.1, -0.05) is 12.1 Å². The molecule has 6 heteroatoms. The van der Waals surface area contributed by atoms with E-state index in [4.69, 9.17) is 9.88 Å². The Morgan fingerprint density at radius 3 is 2.47 bits per heavy atom. The molecule has 0 saturated heterocycles. The lowest BCUT2D eigenvalue weighted by molar-refractivity contribution is 0.127. The van der Waals surface area contributed by atoms with Crippen molar-refractivity contribution in [3.8, 4) is 0 Å². The second-order valence-corrected chi connectivity index (χ2v) is 6.02. The SMILES string of the molecule is CCOCC(C)NCCc1ccc(S(N)(=O)=O)cc1. The van der Waals surface area contributed by atoms with E-state index in [1.54, 1.807) is 12.1 Å². The Morgan fingerprint density at radius 2 is 1.95 bits per heavy atom. The summed E-state index contributed by atoms with van der Waals surface area (Å²) in [5.74, 6) is 0. The van der Waals surface area contributed by atoms with Crippen molar-refractivity contribution >= 4 is 10.0 Å². The van der Waals surface area contributed by atoms with E-state index in [2.05, 4.69) is 12.2 Å². The zero-order valence-electron chi connectivity index (χ0n) is 11.4. The molecule has 1 aromatic rings. The third kappa shape index (κ3) is 6.15. The Balaban J connectivity index is 2.38. The highest BCUT2D eigenvalue weighted by atomic mass is 32.2. The number of benzene rings is 1. The molecule has 19 heavy (non-hydrogen) atoms. The van der Waals surface area contributed by atoms with E-state index in [1.807, 2.05) is 6.92 Å². The summed E-state index contributed by atoms with van der Waals surface area (Å²) in [6.07, 6.45) is 0.835. The monoisotopic (exact) mass is 286 g/mol. The van der Waals surface area contributed by atoms with E-state index in [-0.39, 0.29) is 4.90 Å². The van der Waals surface area contributed by atoms with Gasteiger partial charge in [-0.05, 0) is 44.5 Å². The minimum Gasteiger partial charge on any atom is -0.380 e. The zero-order valence-corrected chi connectivity index (χ0v) is 12.2. The summed E-state index contributed by atoms with van der Waals surface area (Å²) in [5, 5.41) is 8.38. The Kier molecular flexibility index (Phi) is 6.44. The first-order chi connectivity index (χ1) is 8.93. The predicted molar refractivity (Wildman–Crippen MR) is 75.5 cm³/mol. The van der Waals surface area contributed by atoms with Crippen molar-refractivity contribution in [2.75, 3.05) is 19.8 Å². The first-order valence-corrected chi connectivity index (χ1v) is 7.91. The molecule has 0 aliphatic rings. The maximum atomic E-state index is 11.1. The molecule has 0 aromatic heterocycles. The molecule has 1 aromatic carbocycles. The van der Waals surface area contributed by atoms with Crippen LogP contribution in [0.25, 0.3) is 0 Å². The molecule has 1 atom stereocenters. The van der Waals surface area contributed by atoms with Crippen molar-refractivity contribution in [1.82, 2.24) is 5.32 Å². The standard InChI is InChI=1S/C13H22N2O3S/c1-3-18-10-11(2)15-9-8-12-4-6-13(7-5-12)19(14,16)17/h4-7,11,15H,3,8-10H2,1-2H3,(H2,14,16,17). The van der Waals surface area contributed by atoms with Crippen molar-refractivity contribution in [2.45, 2.75) is 31.2 Å². The quantitative estimate of drug-likeness (QED) is 0.743. The minimum absolute atomic E-state index is 0.147. The van der Waals surface area contributed by atoms with Crippen LogP contribution in [0.1, 0.15) is 19.4 Å². The van der Waals surface area contributed by atoms with E-state index in [9.17, 15) is 8.42 Å². The lowest BCUT2D eigenvalue weighted by Crippen LogP contribution is -2.32. The van der Waals surface area contributed by atoms with E-state index >= 15 is 0 Å². The van der Waals surface area contributed by atoms with Crippen LogP contribution in [0.4, 0.5) is 0 Å². The van der Waals surface area contributed by atoms with Gasteiger partial charge in [0.15, 0.2) is 0 Å². The number of primary sulfonamides is 1. The van der Waals surface area contributed by atoms with Crippen molar-refractivity contribution in [3.63, 3.8) is 0 Å². The molecule has 0 saturated carbocycles. The zero-order chi connectivity index (χ0) is 14.3. The fourth-order valence-corrected chi connectivity index (χ4v) is 2.18. The molecule has 3 N–H and O–H groups in total. The smallest absolute Gasteiger partial charge is 0.238 e. The van der Waals surface area contributed by atoms with Crippen LogP contribution in [-0.2, 0) is 21.2 Å². The lowest BCUT2D eigenvalue weighted by atomic mass is 10.1. The lowest BCUT2D eigenvalue weighted by Gasteiger charge is -2.13. The Hall–Kier alpha value is -0.950. The number of nitrogens with one attached hydrogen (secondary N) is 1. The summed E-state index contributed by atoms with van der Waals surface area (Å²) in [6, 6.07) is 6.95. The fourth-order valence-electron chi connectivity index (χ4n) is 1.66. The average Bonchev–Trinajstić information content (AvgIpc) is 2.36. The van der Waals surface area contributed by atoms with Gasteiger partial charge in [-0.2, -0.15) is 0 Å². The summed E-state index contributed by atoms with van der Waals surface area (Å²) in [5.41, 5.74) is 1.07. The number of ether oxygens (including phenoxy) is 1. The second-order valence-electron chi connectivity index (χ2n) is 4.45. The summed E-state index contributed by atoms with van der Waals surface area (Å²) >= 11 is 0. The maximum Gasteiger partial charge on any atom is 0.238 e. The molecule has 1 unspecified atom stereocenters. The van der Waals surface area contributed by atoms with E-state index < -0.39 is 10.0 Å². The molecule has 0 aliphatic heterocycles. The summed E-state index contributed by atoms with van der Waals surface area (Å²) in [4.78, 5) is 0.147. The van der Waals surface area contributed by atoms with E-state index in [0.717, 1.165) is 25.1 Å². The third-order valence-corrected chi connectivity index (χ3v) is 3.66. The molecular formula is C13H22N2O3S. The van der Waals surface area contributed by atoms with Gasteiger partial charge < -0.3 is 10.1 Å². The normalized spacial score (nSPS) is 13.4. The van der Waals surface area contributed by atoms with Crippen LogP contribution in [0.5, 0.6) is 0 Å². The summed E-state index contributed by atoms with van der Waals surface area (Å²) in [7, 11) is -3.60. The van der Waals surface area contributed by atoms with Crippen LogP contribution in [0, 0.1) is 0 Å². The van der Waals surface area contributed by atoms with Gasteiger partial charge in [0.1, 0.15) is 0 Å². The molecule has 108 valence electrons. The van der Waals surface area contributed by atoms with Crippen molar-refractivity contribution in [1.29, 1.82) is 0 Å². The van der Waals surface area contributed by atoms with E-state index in [0.29, 0.717) is 12.6 Å². The molecule has 0 bridgehead atoms. The van der Waals surface area contributed by atoms with Crippen LogP contribution in [0.3, 0.4) is 0 Å². The van der Waals surface area contributed by atoms with Crippen LogP contribution in [0.15, 0.2) is 29.2 Å². The largest absolute Gasteiger partial charge is 0.380 e. The summed E-state index contributed by atoms with van der Waals surface area (Å²) < 4.78 is 27.5. The average molecular weight is 286 g/mol. The number of hydrogen-bond acceptors (Lipinski definition) is 4. The number of nitrogens with two attached hydrogens (primary N) is 1. The summed E-state index contributed by atoms with van der Waals surface area (Å²) in [6.45, 7) is 6.28. The van der Waals surface area contributed by atoms with Gasteiger partial charge in [0.05, 0.1) is 11.5 Å². The van der Waals surface area contributed by atoms with Crippen LogP contribution in [-0.4, -0.2) is 34.2 Å². The first kappa shape index (κ1) is 16.1. The first-order valence-electron chi connectivity index (χ1n) is 6.36. The minimum atomic E-state index is -3.60. The topological polar surface area (TPSA) is 81.4 Å². The predicted octanol–water partition coefficient (Wildman–Crippen LogP) is 0.891. The highest BCUT2D eigenvalue weighted by Crippen LogP contribution is 2.08. The van der Waals surface area contributed by atoms with Gasteiger partial charge in [-0.3, -0.25) is 0 Å². The van der Waals surface area contributed by atoms with Gasteiger partial charge in [0, 0.05) is 12.6 Å². The van der Waals surface area contributed by atoms with Crippen molar-refractivity contribution in [3.05, 3.63) is 29.8 Å². The maximum absolute atomic E-state index is 11.1. The van der Waals surface area contributed by atoms with Gasteiger partial charge >= 0.3 is 0 Å². The highest BCUT2D eigenvalue weighted by Gasteiger charge is 2.06. The molecule has 0 aliphatic carbocycles. The third-order valence-electron chi connectivity index (χ3n) is 2.73. The van der Waals surface area contributed by atoms with Crippen LogP contribution < -0.4 is 10.5 Å². The molecule has 0 fully saturated rings. The fraction of sp³-hybridized carbons (Fsp3) is 0.538. The Labute approximate surface area is 115 Å². The Bertz CT molecular complexity index is 471. The number of hydrogen-bond donors (Lipinski definition) is 2. The number of rotatable bonds is 8. The van der Waals surface area contributed by atoms with Gasteiger partial charge in [-0.15, -0.1) is 0 Å². The molecular weight excluding hydrogens is 264 g/mol. The molecule has 0 heterocycles. The highest BCUT2D eigenvalue weighted by molar-refractivity contribution is 7.89. The van der Waals surface area contributed by atoms with Gasteiger partial charge in [0.25, 0.3) is 0 Å². The molecule has 5 nitrogen and oxygen atoms in total. The second kappa shape index (κ2) is 7.59. The van der Waals surface area contributed by atoms with E-state index in [1.165, 1.54) is 12.1 Å².